The number of hydrogen-bond acceptors (Lipinski definition) is 7. The standard InChI is InChI=1S/C6H13O9P/c1-2(7)3(8)4(9)5(10)6(11)15-16(12,13)14/h2-5,7-10H,1H3,(H2,12,13,14)/t2-,3+,4+,5-/m0/s1. The summed E-state index contributed by atoms with van der Waals surface area (Å²) in [5.74, 6) is -1.81. The highest BCUT2D eigenvalue weighted by Crippen LogP contribution is 2.36. The molecule has 0 aromatic carbocycles. The number of hydrogen-bond donors (Lipinski definition) is 6. The highest BCUT2D eigenvalue weighted by atomic mass is 31.2. The first-order valence-corrected chi connectivity index (χ1v) is 5.60. The minimum absolute atomic E-state index is 1.08. The third kappa shape index (κ3) is 4.99. The lowest BCUT2D eigenvalue weighted by Crippen LogP contribution is -2.47. The molecule has 10 heteroatoms. The fourth-order valence-electron chi connectivity index (χ4n) is 0.783. The molecule has 0 saturated heterocycles. The second-order valence-corrected chi connectivity index (χ2v) is 4.23. The Hall–Kier alpha value is -0.540. The number of phosphoric ester groups is 1. The van der Waals surface area contributed by atoms with Crippen molar-refractivity contribution in [2.45, 2.75) is 31.3 Å². The van der Waals surface area contributed by atoms with Crippen molar-refractivity contribution in [2.75, 3.05) is 0 Å². The summed E-state index contributed by atoms with van der Waals surface area (Å²) in [7, 11) is -5.13. The largest absolute Gasteiger partial charge is 0.527 e. The summed E-state index contributed by atoms with van der Waals surface area (Å²) in [6.45, 7) is 1.08. The third-order valence-corrected chi connectivity index (χ3v) is 2.04. The van der Waals surface area contributed by atoms with Crippen LogP contribution in [-0.4, -0.2) is 60.6 Å². The van der Waals surface area contributed by atoms with E-state index in [1.807, 2.05) is 0 Å². The van der Waals surface area contributed by atoms with E-state index in [1.54, 1.807) is 0 Å². The van der Waals surface area contributed by atoms with Gasteiger partial charge in [0, 0.05) is 0 Å². The van der Waals surface area contributed by atoms with Gasteiger partial charge in [-0.3, -0.25) is 9.79 Å². The summed E-state index contributed by atoms with van der Waals surface area (Å²) in [6.07, 6.45) is -7.82. The Labute approximate surface area is 90.2 Å². The zero-order chi connectivity index (χ0) is 13.1. The molecule has 0 amide bonds. The molecule has 0 aliphatic rings. The molecule has 6 N–H and O–H groups in total. The van der Waals surface area contributed by atoms with Gasteiger partial charge in [-0.2, -0.15) is 0 Å². The van der Waals surface area contributed by atoms with Crippen LogP contribution in [0.25, 0.3) is 0 Å². The first-order chi connectivity index (χ1) is 7.06. The predicted molar refractivity (Wildman–Crippen MR) is 47.8 cm³/mol. The van der Waals surface area contributed by atoms with E-state index in [-0.39, 0.29) is 0 Å². The van der Waals surface area contributed by atoms with Gasteiger partial charge in [-0.25, -0.2) is 9.36 Å². The van der Waals surface area contributed by atoms with Gasteiger partial charge in [0.1, 0.15) is 12.2 Å². The van der Waals surface area contributed by atoms with Crippen molar-refractivity contribution in [1.29, 1.82) is 0 Å². The number of aliphatic hydroxyl groups is 4. The molecule has 96 valence electrons. The predicted octanol–water partition coefficient (Wildman–Crippen LogP) is -2.91. The van der Waals surface area contributed by atoms with E-state index in [9.17, 15) is 9.36 Å². The molecule has 16 heavy (non-hydrogen) atoms. The topological polar surface area (TPSA) is 165 Å². The highest BCUT2D eigenvalue weighted by molar-refractivity contribution is 7.46. The maximum absolute atomic E-state index is 10.8. The Balaban J connectivity index is 4.50. The maximum atomic E-state index is 10.8. The molecule has 0 radical (unpaired) electrons. The minimum Gasteiger partial charge on any atom is -0.391 e. The van der Waals surface area contributed by atoms with Gasteiger partial charge in [0.05, 0.1) is 6.10 Å². The van der Waals surface area contributed by atoms with Crippen molar-refractivity contribution in [3.8, 4) is 0 Å². The molecule has 0 aliphatic heterocycles. The normalized spacial score (nSPS) is 19.7. The Morgan fingerprint density at radius 1 is 1.12 bits per heavy atom. The number of phosphoric acid groups is 1. The van der Waals surface area contributed by atoms with Gasteiger partial charge in [0.25, 0.3) is 0 Å². The lowest BCUT2D eigenvalue weighted by molar-refractivity contribution is -0.160. The zero-order valence-electron chi connectivity index (χ0n) is 8.16. The van der Waals surface area contributed by atoms with Crippen LogP contribution < -0.4 is 0 Å². The van der Waals surface area contributed by atoms with Crippen LogP contribution in [0.15, 0.2) is 0 Å². The van der Waals surface area contributed by atoms with E-state index >= 15 is 0 Å². The lowest BCUT2D eigenvalue weighted by Gasteiger charge is -2.23. The van der Waals surface area contributed by atoms with Crippen LogP contribution in [0.5, 0.6) is 0 Å². The van der Waals surface area contributed by atoms with E-state index in [0.717, 1.165) is 6.92 Å². The third-order valence-electron chi connectivity index (χ3n) is 1.62. The van der Waals surface area contributed by atoms with Crippen molar-refractivity contribution in [1.82, 2.24) is 0 Å². The molecule has 0 rings (SSSR count). The van der Waals surface area contributed by atoms with Crippen LogP contribution in [-0.2, 0) is 13.9 Å². The smallest absolute Gasteiger partial charge is 0.391 e. The van der Waals surface area contributed by atoms with Gasteiger partial charge in [0.2, 0.25) is 0 Å². The highest BCUT2D eigenvalue weighted by Gasteiger charge is 2.36. The molecule has 0 saturated carbocycles. The Bertz CT molecular complexity index is 284. The molecule has 4 atom stereocenters. The molecular formula is C6H13O9P. The maximum Gasteiger partial charge on any atom is 0.527 e. The number of carbonyl (C=O) groups is 1. The first-order valence-electron chi connectivity index (χ1n) is 4.07. The molecule has 0 aromatic rings. The number of rotatable bonds is 5. The van der Waals surface area contributed by atoms with Crippen molar-refractivity contribution in [3.63, 3.8) is 0 Å². The lowest BCUT2D eigenvalue weighted by atomic mass is 10.0. The fraction of sp³-hybridized carbons (Fsp3) is 0.833. The van der Waals surface area contributed by atoms with Crippen molar-refractivity contribution >= 4 is 13.8 Å². The molecule has 0 aromatic heterocycles. The van der Waals surface area contributed by atoms with Crippen molar-refractivity contribution < 1.29 is 44.1 Å². The minimum atomic E-state index is -5.13. The summed E-state index contributed by atoms with van der Waals surface area (Å²) in [4.78, 5) is 27.3. The van der Waals surface area contributed by atoms with Gasteiger partial charge in [0.15, 0.2) is 6.10 Å². The molecule has 0 fully saturated rings. The summed E-state index contributed by atoms with van der Waals surface area (Å²) in [5.41, 5.74) is 0. The average molecular weight is 260 g/mol. The van der Waals surface area contributed by atoms with E-state index in [1.165, 1.54) is 0 Å². The molecule has 0 unspecified atom stereocenters. The van der Waals surface area contributed by atoms with E-state index in [4.69, 9.17) is 30.2 Å². The van der Waals surface area contributed by atoms with Crippen molar-refractivity contribution in [3.05, 3.63) is 0 Å². The molecule has 0 heterocycles. The molecule has 0 spiro atoms. The molecule has 0 aliphatic carbocycles. The Morgan fingerprint density at radius 3 is 1.88 bits per heavy atom. The average Bonchev–Trinajstić information content (AvgIpc) is 2.11. The zero-order valence-corrected chi connectivity index (χ0v) is 9.06. The monoisotopic (exact) mass is 260 g/mol. The van der Waals surface area contributed by atoms with Crippen LogP contribution in [0.2, 0.25) is 0 Å². The molecular weight excluding hydrogens is 247 g/mol. The van der Waals surface area contributed by atoms with Gasteiger partial charge in [-0.15, -0.1) is 0 Å². The summed E-state index contributed by atoms with van der Waals surface area (Å²) >= 11 is 0. The SMILES string of the molecule is C[C@H](O)[C@@H](O)[C@@H](O)[C@H](O)C(=O)OP(=O)(O)O. The Morgan fingerprint density at radius 2 is 1.56 bits per heavy atom. The van der Waals surface area contributed by atoms with Gasteiger partial charge in [-0.1, -0.05) is 0 Å². The summed E-state index contributed by atoms with van der Waals surface area (Å²) in [5, 5.41) is 36.0. The number of carbonyl (C=O) groups excluding carboxylic acids is 1. The molecule has 9 nitrogen and oxygen atoms in total. The number of aliphatic hydroxyl groups excluding tert-OH is 4. The van der Waals surface area contributed by atoms with Gasteiger partial charge in [-0.05, 0) is 6.92 Å². The van der Waals surface area contributed by atoms with Crippen LogP contribution in [0.3, 0.4) is 0 Å². The van der Waals surface area contributed by atoms with Crippen LogP contribution in [0, 0.1) is 0 Å². The second-order valence-electron chi connectivity index (χ2n) is 3.07. The van der Waals surface area contributed by atoms with Crippen LogP contribution in [0.4, 0.5) is 0 Å². The summed E-state index contributed by atoms with van der Waals surface area (Å²) in [6, 6.07) is 0. The van der Waals surface area contributed by atoms with E-state index in [2.05, 4.69) is 4.52 Å². The quantitative estimate of drug-likeness (QED) is 0.284. The molecule has 0 bridgehead atoms. The fourth-order valence-corrected chi connectivity index (χ4v) is 1.13. The Kier molecular flexibility index (Phi) is 5.50. The van der Waals surface area contributed by atoms with Crippen LogP contribution in [0.1, 0.15) is 6.92 Å². The first kappa shape index (κ1) is 15.5. The second kappa shape index (κ2) is 5.69. The summed E-state index contributed by atoms with van der Waals surface area (Å²) < 4.78 is 13.7. The van der Waals surface area contributed by atoms with Gasteiger partial charge >= 0.3 is 13.8 Å². The van der Waals surface area contributed by atoms with Gasteiger partial charge < -0.3 is 24.9 Å². The van der Waals surface area contributed by atoms with Crippen LogP contribution >= 0.6 is 7.82 Å². The van der Waals surface area contributed by atoms with E-state index in [0.29, 0.717) is 0 Å². The van der Waals surface area contributed by atoms with E-state index < -0.39 is 38.2 Å². The van der Waals surface area contributed by atoms with Crippen molar-refractivity contribution in [2.24, 2.45) is 0 Å².